The summed E-state index contributed by atoms with van der Waals surface area (Å²) in [5.74, 6) is 2.05. The van der Waals surface area contributed by atoms with Crippen LogP contribution in [0.1, 0.15) is 29.9 Å². The zero-order valence-corrected chi connectivity index (χ0v) is 17.6. The highest BCUT2D eigenvalue weighted by Gasteiger charge is 2.35. The van der Waals surface area contributed by atoms with Gasteiger partial charge < -0.3 is 19.3 Å². The molecule has 9 heteroatoms. The molecule has 8 nitrogen and oxygen atoms in total. The summed E-state index contributed by atoms with van der Waals surface area (Å²) < 4.78 is 26.4. The summed E-state index contributed by atoms with van der Waals surface area (Å²) >= 11 is 0. The van der Waals surface area contributed by atoms with Crippen LogP contribution in [0.2, 0.25) is 0 Å². The van der Waals surface area contributed by atoms with Crippen LogP contribution in [0.5, 0.6) is 11.5 Å². The van der Waals surface area contributed by atoms with Gasteiger partial charge >= 0.3 is 0 Å². The average molecular weight is 426 g/mol. The number of likely N-dealkylation sites (N-methyl/N-ethyl adjacent to an activating group) is 1. The minimum Gasteiger partial charge on any atom is -0.454 e. The number of piperazine rings is 1. The highest BCUT2D eigenvalue weighted by atomic mass is 19.1. The molecule has 162 valence electrons. The van der Waals surface area contributed by atoms with Crippen molar-refractivity contribution < 1.29 is 23.7 Å². The van der Waals surface area contributed by atoms with Crippen molar-refractivity contribution in [3.05, 3.63) is 65.2 Å². The van der Waals surface area contributed by atoms with Gasteiger partial charge in [0.1, 0.15) is 32.0 Å². The lowest BCUT2D eigenvalue weighted by Gasteiger charge is -2.33. The zero-order valence-electron chi connectivity index (χ0n) is 17.6. The summed E-state index contributed by atoms with van der Waals surface area (Å²) in [6, 6.07) is 12.6. The lowest BCUT2D eigenvalue weighted by atomic mass is 10.0. The molecule has 1 aromatic heterocycles. The first-order valence-electron chi connectivity index (χ1n) is 10.8. The van der Waals surface area contributed by atoms with Crippen molar-refractivity contribution in [2.24, 2.45) is 0 Å². The molecule has 0 aliphatic carbocycles. The number of tetrazole rings is 1. The predicted octanol–water partition coefficient (Wildman–Crippen LogP) is -0.518. The number of ether oxygens (including phenoxy) is 2. The van der Waals surface area contributed by atoms with E-state index in [4.69, 9.17) is 9.47 Å². The largest absolute Gasteiger partial charge is 0.454 e. The molecule has 0 saturated carbocycles. The molecule has 2 aliphatic rings. The summed E-state index contributed by atoms with van der Waals surface area (Å²) in [5, 5.41) is 12.7. The monoisotopic (exact) mass is 426 g/mol. The van der Waals surface area contributed by atoms with Crippen LogP contribution in [0, 0.1) is 5.82 Å². The first-order chi connectivity index (χ1) is 15.2. The van der Waals surface area contributed by atoms with Gasteiger partial charge in [-0.1, -0.05) is 6.07 Å². The third-order valence-electron chi connectivity index (χ3n) is 6.30. The highest BCUT2D eigenvalue weighted by molar-refractivity contribution is 5.44. The van der Waals surface area contributed by atoms with E-state index in [2.05, 4.69) is 22.4 Å². The standard InChI is InChI=1S/C22H25FN6O2/c1-2-27-9-11-28(12-10-27)21(17-4-6-18(23)7-5-17)22-24-25-26-29(22)14-16-3-8-19-20(13-16)31-15-30-19/h3-8,13,21H,2,9-12,14-15H2,1H3/p+2/t21-/m0/s1. The summed E-state index contributed by atoms with van der Waals surface area (Å²) in [4.78, 5) is 3.02. The van der Waals surface area contributed by atoms with Crippen LogP contribution >= 0.6 is 0 Å². The molecular formula is C22H27FN6O2+2. The van der Waals surface area contributed by atoms with Crippen LogP contribution in [0.3, 0.4) is 0 Å². The van der Waals surface area contributed by atoms with Crippen molar-refractivity contribution in [1.29, 1.82) is 0 Å². The number of nitrogens with one attached hydrogen (secondary N) is 2. The Labute approximate surface area is 180 Å². The number of quaternary nitrogens is 2. The summed E-state index contributed by atoms with van der Waals surface area (Å²) in [6.45, 7) is 8.37. The van der Waals surface area contributed by atoms with Gasteiger partial charge in [-0.15, -0.1) is 5.10 Å². The number of hydrogen-bond donors (Lipinski definition) is 2. The second-order valence-corrected chi connectivity index (χ2v) is 8.13. The Hall–Kier alpha value is -3.04. The van der Waals surface area contributed by atoms with E-state index < -0.39 is 0 Å². The van der Waals surface area contributed by atoms with E-state index in [1.165, 1.54) is 17.0 Å². The minimum absolute atomic E-state index is 0.0528. The van der Waals surface area contributed by atoms with E-state index in [0.29, 0.717) is 6.54 Å². The van der Waals surface area contributed by atoms with Gasteiger partial charge in [0.25, 0.3) is 0 Å². The molecule has 1 atom stereocenters. The lowest BCUT2D eigenvalue weighted by Crippen LogP contribution is -3.28. The number of fused-ring (bicyclic) bond motifs is 1. The number of halogens is 1. The Morgan fingerprint density at radius 1 is 1.03 bits per heavy atom. The molecule has 3 heterocycles. The van der Waals surface area contributed by atoms with Crippen LogP contribution in [0.25, 0.3) is 0 Å². The molecule has 0 radical (unpaired) electrons. The van der Waals surface area contributed by atoms with Crippen molar-refractivity contribution in [3.8, 4) is 11.5 Å². The van der Waals surface area contributed by atoms with Crippen LogP contribution < -0.4 is 19.3 Å². The van der Waals surface area contributed by atoms with Gasteiger partial charge in [0.05, 0.1) is 13.1 Å². The maximum atomic E-state index is 13.6. The van der Waals surface area contributed by atoms with Crippen LogP contribution in [-0.4, -0.2) is 59.7 Å². The molecule has 2 aliphatic heterocycles. The normalized spacial score (nSPS) is 21.2. The summed E-state index contributed by atoms with van der Waals surface area (Å²) in [5.41, 5.74) is 2.06. The Morgan fingerprint density at radius 2 is 1.81 bits per heavy atom. The van der Waals surface area contributed by atoms with E-state index >= 15 is 0 Å². The fourth-order valence-corrected chi connectivity index (χ4v) is 4.53. The number of hydrogen-bond acceptors (Lipinski definition) is 5. The molecule has 2 aromatic carbocycles. The fourth-order valence-electron chi connectivity index (χ4n) is 4.53. The average Bonchev–Trinajstić information content (AvgIpc) is 3.45. The van der Waals surface area contributed by atoms with Gasteiger partial charge in [0.2, 0.25) is 12.6 Å². The molecule has 5 rings (SSSR count). The van der Waals surface area contributed by atoms with Crippen molar-refractivity contribution in [2.45, 2.75) is 19.5 Å². The van der Waals surface area contributed by atoms with Crippen LogP contribution in [-0.2, 0) is 6.54 Å². The van der Waals surface area contributed by atoms with Crippen LogP contribution in [0.15, 0.2) is 42.5 Å². The van der Waals surface area contributed by atoms with Crippen molar-refractivity contribution in [1.82, 2.24) is 20.2 Å². The minimum atomic E-state index is -0.238. The number of nitrogens with zero attached hydrogens (tertiary/aromatic N) is 4. The number of aromatic nitrogens is 4. The first kappa shape index (κ1) is 19.9. The number of rotatable bonds is 6. The van der Waals surface area contributed by atoms with Crippen molar-refractivity contribution in [2.75, 3.05) is 39.5 Å². The Balaban J connectivity index is 1.46. The molecule has 31 heavy (non-hydrogen) atoms. The molecule has 2 N–H and O–H groups in total. The fraction of sp³-hybridized carbons (Fsp3) is 0.409. The molecule has 1 fully saturated rings. The SMILES string of the molecule is CC[NH+]1CC[NH+]([C@@H](c2ccc(F)cc2)c2nnnn2Cc2ccc3c(c2)OCO3)CC1. The maximum Gasteiger partial charge on any atom is 0.231 e. The van der Waals surface area contributed by atoms with Gasteiger partial charge in [0.15, 0.2) is 17.5 Å². The van der Waals surface area contributed by atoms with E-state index in [1.54, 1.807) is 4.90 Å². The second kappa shape index (κ2) is 8.60. The molecule has 1 saturated heterocycles. The van der Waals surface area contributed by atoms with Crippen LogP contribution in [0.4, 0.5) is 4.39 Å². The highest BCUT2D eigenvalue weighted by Crippen LogP contribution is 2.32. The van der Waals surface area contributed by atoms with E-state index in [-0.39, 0.29) is 18.7 Å². The van der Waals surface area contributed by atoms with Gasteiger partial charge in [-0.25, -0.2) is 9.07 Å². The first-order valence-corrected chi connectivity index (χ1v) is 10.8. The molecular weight excluding hydrogens is 399 g/mol. The zero-order chi connectivity index (χ0) is 21.2. The van der Waals surface area contributed by atoms with Crippen molar-refractivity contribution in [3.63, 3.8) is 0 Å². The molecule has 0 bridgehead atoms. The topological polar surface area (TPSA) is 70.9 Å². The van der Waals surface area contributed by atoms with E-state index in [9.17, 15) is 4.39 Å². The molecule has 0 spiro atoms. The Morgan fingerprint density at radius 3 is 2.58 bits per heavy atom. The van der Waals surface area contributed by atoms with Crippen molar-refractivity contribution >= 4 is 0 Å². The quantitative estimate of drug-likeness (QED) is 0.555. The van der Waals surface area contributed by atoms with Gasteiger partial charge in [-0.05, 0) is 59.3 Å². The Bertz CT molecular complexity index is 1030. The number of benzene rings is 2. The van der Waals surface area contributed by atoms with Gasteiger partial charge in [-0.3, -0.25) is 0 Å². The molecule has 3 aromatic rings. The third kappa shape index (κ3) is 4.11. The van der Waals surface area contributed by atoms with Gasteiger partial charge in [-0.2, -0.15) is 0 Å². The second-order valence-electron chi connectivity index (χ2n) is 8.13. The summed E-state index contributed by atoms with van der Waals surface area (Å²) in [7, 11) is 0. The Kier molecular flexibility index (Phi) is 5.52. The maximum absolute atomic E-state index is 13.6. The molecule has 0 amide bonds. The smallest absolute Gasteiger partial charge is 0.231 e. The van der Waals surface area contributed by atoms with Gasteiger partial charge in [0, 0.05) is 5.56 Å². The van der Waals surface area contributed by atoms with E-state index in [0.717, 1.165) is 61.2 Å². The lowest BCUT2D eigenvalue weighted by molar-refractivity contribution is -1.02. The molecule has 0 unspecified atom stereocenters. The predicted molar refractivity (Wildman–Crippen MR) is 110 cm³/mol. The third-order valence-corrected chi connectivity index (χ3v) is 6.30. The summed E-state index contributed by atoms with van der Waals surface area (Å²) in [6.07, 6.45) is 0. The van der Waals surface area contributed by atoms with E-state index in [1.807, 2.05) is 35.0 Å².